The molecule has 1 aromatic heterocycles. The highest BCUT2D eigenvalue weighted by molar-refractivity contribution is 7.94. The van der Waals surface area contributed by atoms with Crippen LogP contribution in [0.15, 0.2) is 14.5 Å². The molecule has 21 heavy (non-hydrogen) atoms. The number of ether oxygens (including phenoxy) is 1. The van der Waals surface area contributed by atoms with Gasteiger partial charge in [0, 0.05) is 32.4 Å². The maximum atomic E-state index is 12.4. The van der Waals surface area contributed by atoms with E-state index in [-0.39, 0.29) is 27.1 Å². The second-order valence-electron chi connectivity index (χ2n) is 4.58. The van der Waals surface area contributed by atoms with Crippen molar-refractivity contribution in [3.8, 4) is 0 Å². The Morgan fingerprint density at radius 1 is 1.57 bits per heavy atom. The Labute approximate surface area is 127 Å². The SMILES string of the molecule is COCCCN1C[C@@H](O)c2cc(S(N)(=O)=O)sc2S1(=O)=O. The van der Waals surface area contributed by atoms with Crippen LogP contribution in [0.4, 0.5) is 0 Å². The van der Waals surface area contributed by atoms with Crippen molar-refractivity contribution in [2.75, 3.05) is 26.8 Å². The highest BCUT2D eigenvalue weighted by Crippen LogP contribution is 2.39. The summed E-state index contributed by atoms with van der Waals surface area (Å²) in [4.78, 5) is 0. The molecular weight excluding hydrogens is 340 g/mol. The maximum absolute atomic E-state index is 12.4. The number of aliphatic hydroxyl groups excluding tert-OH is 1. The monoisotopic (exact) mass is 356 g/mol. The number of rotatable bonds is 5. The summed E-state index contributed by atoms with van der Waals surface area (Å²) in [5.74, 6) is 0. The standard InChI is InChI=1S/C10H16N2O6S3/c1-18-4-2-3-12-6-8(13)7-5-9(20(11,14)15)19-10(7)21(12,16)17/h5,8,13H,2-4,6H2,1H3,(H2,11,14,15)/t8-/m1/s1. The molecule has 0 unspecified atom stereocenters. The van der Waals surface area contributed by atoms with Crippen molar-refractivity contribution < 1.29 is 26.7 Å². The maximum Gasteiger partial charge on any atom is 0.253 e. The predicted molar refractivity (Wildman–Crippen MR) is 75.9 cm³/mol. The molecule has 2 heterocycles. The predicted octanol–water partition coefficient (Wildman–Crippen LogP) is -0.530. The average Bonchev–Trinajstić information content (AvgIpc) is 2.82. The number of aliphatic hydroxyl groups is 1. The lowest BCUT2D eigenvalue weighted by molar-refractivity contribution is 0.131. The number of nitrogens with two attached hydrogens (primary N) is 1. The lowest BCUT2D eigenvalue weighted by Crippen LogP contribution is -2.39. The average molecular weight is 356 g/mol. The summed E-state index contributed by atoms with van der Waals surface area (Å²) in [7, 11) is -6.31. The lowest BCUT2D eigenvalue weighted by atomic mass is 10.2. The van der Waals surface area contributed by atoms with Gasteiger partial charge in [-0.15, -0.1) is 11.3 Å². The highest BCUT2D eigenvalue weighted by Gasteiger charge is 2.39. The summed E-state index contributed by atoms with van der Waals surface area (Å²) in [5, 5.41) is 15.0. The van der Waals surface area contributed by atoms with Crippen molar-refractivity contribution in [3.63, 3.8) is 0 Å². The minimum atomic E-state index is -4.00. The van der Waals surface area contributed by atoms with Crippen LogP contribution in [0.3, 0.4) is 0 Å². The van der Waals surface area contributed by atoms with E-state index in [0.29, 0.717) is 24.4 Å². The Morgan fingerprint density at radius 3 is 2.81 bits per heavy atom. The van der Waals surface area contributed by atoms with Gasteiger partial charge in [-0.2, -0.15) is 4.31 Å². The van der Waals surface area contributed by atoms with Gasteiger partial charge in [0.05, 0.1) is 6.10 Å². The van der Waals surface area contributed by atoms with Gasteiger partial charge in [0.2, 0.25) is 10.0 Å². The second-order valence-corrected chi connectivity index (χ2v) is 9.55. The highest BCUT2D eigenvalue weighted by atomic mass is 32.3. The van der Waals surface area contributed by atoms with Crippen molar-refractivity contribution in [2.45, 2.75) is 20.9 Å². The summed E-state index contributed by atoms with van der Waals surface area (Å²) in [6.45, 7) is 0.469. The summed E-state index contributed by atoms with van der Waals surface area (Å²) >= 11 is 0.562. The molecule has 1 aromatic rings. The zero-order chi connectivity index (χ0) is 15.8. The van der Waals surface area contributed by atoms with Gasteiger partial charge < -0.3 is 9.84 Å². The fourth-order valence-corrected chi connectivity index (χ4v) is 6.33. The van der Waals surface area contributed by atoms with Gasteiger partial charge in [-0.1, -0.05) is 0 Å². The number of methoxy groups -OCH3 is 1. The van der Waals surface area contributed by atoms with Crippen molar-refractivity contribution in [1.29, 1.82) is 0 Å². The van der Waals surface area contributed by atoms with E-state index in [2.05, 4.69) is 0 Å². The first-order chi connectivity index (χ1) is 9.67. The number of thiophene rings is 1. The van der Waals surface area contributed by atoms with Crippen molar-refractivity contribution in [1.82, 2.24) is 4.31 Å². The van der Waals surface area contributed by atoms with Gasteiger partial charge in [0.1, 0.15) is 8.42 Å². The first kappa shape index (κ1) is 16.8. The molecule has 0 aromatic carbocycles. The molecule has 3 N–H and O–H groups in total. The van der Waals surface area contributed by atoms with Crippen LogP contribution < -0.4 is 5.14 Å². The van der Waals surface area contributed by atoms with Crippen LogP contribution >= 0.6 is 11.3 Å². The van der Waals surface area contributed by atoms with E-state index >= 15 is 0 Å². The fraction of sp³-hybridized carbons (Fsp3) is 0.600. The third-order valence-corrected chi connectivity index (χ3v) is 8.01. The van der Waals surface area contributed by atoms with Gasteiger partial charge in [-0.05, 0) is 12.5 Å². The Bertz CT molecular complexity index is 724. The van der Waals surface area contributed by atoms with Crippen LogP contribution in [0.2, 0.25) is 0 Å². The van der Waals surface area contributed by atoms with Gasteiger partial charge in [0.25, 0.3) is 10.0 Å². The number of β-amino-alcohol motifs (C(OH)–C–C–N with tert-alkyl or cyclic N) is 1. The van der Waals surface area contributed by atoms with E-state index in [1.54, 1.807) is 0 Å². The van der Waals surface area contributed by atoms with E-state index in [9.17, 15) is 21.9 Å². The quantitative estimate of drug-likeness (QED) is 0.683. The molecule has 0 bridgehead atoms. The molecule has 0 saturated heterocycles. The number of sulfonamides is 2. The fourth-order valence-electron chi connectivity index (χ4n) is 2.04. The zero-order valence-electron chi connectivity index (χ0n) is 11.2. The summed E-state index contributed by atoms with van der Waals surface area (Å²) in [5.41, 5.74) is 0.0898. The van der Waals surface area contributed by atoms with E-state index in [1.165, 1.54) is 7.11 Å². The van der Waals surface area contributed by atoms with Crippen molar-refractivity contribution >= 4 is 31.4 Å². The normalized spacial score (nSPS) is 22.1. The number of hydrogen-bond acceptors (Lipinski definition) is 7. The Balaban J connectivity index is 2.40. The molecule has 0 spiro atoms. The molecule has 0 saturated carbocycles. The molecule has 2 rings (SSSR count). The largest absolute Gasteiger partial charge is 0.387 e. The van der Waals surface area contributed by atoms with Crippen LogP contribution in [-0.4, -0.2) is 53.1 Å². The van der Waals surface area contributed by atoms with Crippen molar-refractivity contribution in [2.24, 2.45) is 5.14 Å². The second kappa shape index (κ2) is 5.91. The molecule has 1 aliphatic rings. The number of primary sulfonamides is 1. The molecule has 11 heteroatoms. The van der Waals surface area contributed by atoms with E-state index in [4.69, 9.17) is 9.88 Å². The zero-order valence-corrected chi connectivity index (χ0v) is 13.7. The van der Waals surface area contributed by atoms with Crippen molar-refractivity contribution in [3.05, 3.63) is 11.6 Å². The van der Waals surface area contributed by atoms with Crippen LogP contribution in [0.1, 0.15) is 18.1 Å². The van der Waals surface area contributed by atoms with Gasteiger partial charge in [0.15, 0.2) is 0 Å². The smallest absolute Gasteiger partial charge is 0.253 e. The third kappa shape index (κ3) is 3.28. The Morgan fingerprint density at radius 2 is 2.24 bits per heavy atom. The molecule has 0 fully saturated rings. The van der Waals surface area contributed by atoms with E-state index in [1.807, 2.05) is 0 Å². The molecule has 0 aliphatic carbocycles. The lowest BCUT2D eigenvalue weighted by Gasteiger charge is -2.29. The summed E-state index contributed by atoms with van der Waals surface area (Å²) in [6, 6.07) is 1.13. The minimum absolute atomic E-state index is 0.0898. The molecule has 1 aliphatic heterocycles. The molecule has 1 atom stereocenters. The Kier molecular flexibility index (Phi) is 4.73. The molecular formula is C10H16N2O6S3. The number of hydrogen-bond donors (Lipinski definition) is 2. The van der Waals surface area contributed by atoms with Gasteiger partial charge >= 0.3 is 0 Å². The molecule has 8 nitrogen and oxygen atoms in total. The van der Waals surface area contributed by atoms with E-state index < -0.39 is 26.2 Å². The molecule has 0 amide bonds. The summed E-state index contributed by atoms with van der Waals surface area (Å²) < 4.78 is 53.1. The van der Waals surface area contributed by atoms with Gasteiger partial charge in [-0.3, -0.25) is 0 Å². The van der Waals surface area contributed by atoms with E-state index in [0.717, 1.165) is 10.4 Å². The molecule has 0 radical (unpaired) electrons. The minimum Gasteiger partial charge on any atom is -0.387 e. The first-order valence-corrected chi connectivity index (χ1v) is 9.82. The van der Waals surface area contributed by atoms with Gasteiger partial charge in [-0.25, -0.2) is 22.0 Å². The topological polar surface area (TPSA) is 127 Å². The summed E-state index contributed by atoms with van der Waals surface area (Å²) in [6.07, 6.45) is -0.594. The molecule has 120 valence electrons. The first-order valence-electron chi connectivity index (χ1n) is 6.01. The number of nitrogens with zero attached hydrogens (tertiary/aromatic N) is 1. The van der Waals surface area contributed by atoms with Crippen LogP contribution in [-0.2, 0) is 24.8 Å². The van der Waals surface area contributed by atoms with Crippen LogP contribution in [0, 0.1) is 0 Å². The van der Waals surface area contributed by atoms with Crippen LogP contribution in [0.5, 0.6) is 0 Å². The Hall–Kier alpha value is -0.560. The van der Waals surface area contributed by atoms with Crippen LogP contribution in [0.25, 0.3) is 0 Å². The number of fused-ring (bicyclic) bond motifs is 1. The third-order valence-electron chi connectivity index (χ3n) is 3.05.